The van der Waals surface area contributed by atoms with Crippen LogP contribution >= 0.6 is 0 Å². The molecule has 1 amide bonds. The standard InChI is InChI=1S/C22H26N4O5S.C16H20N2O3S.C7H9NO3.CH3F/c1-14-18(15(2)31-24-14)10-21(27)25-11-17(12-25)32(28,29)26-8-5-16(6-9-26)19-13-30-20-4-3-7-23-22(19)20;19-22(20,13-3-1-4-13)18-9-6-12(7-10-18)14-11-21-15-5-2-8-17-16(14)15;1-4-6(3-7(9)10)5(2)11-8-4;1-2/h3-4,7,13,16-17H,5-6,8-12H2,1-2H3;2,5,8,11-13H,1,3-4,6-7,9-10H2;3H2,1-2H3,(H,9,10);1H3/i;;;1D. The molecular formula is C46H58FN7O11S2. The van der Waals surface area contributed by atoms with E-state index in [4.69, 9.17) is 24.4 Å². The van der Waals surface area contributed by atoms with Crippen molar-refractivity contribution in [2.75, 3.05) is 46.4 Å². The Balaban J connectivity index is 0.000000163. The van der Waals surface area contributed by atoms with Gasteiger partial charge in [0.25, 0.3) is 0 Å². The number of carbonyl (C=O) groups is 2. The zero-order valence-corrected chi connectivity index (χ0v) is 39.7. The number of piperidine rings is 2. The maximum absolute atomic E-state index is 13.1. The highest BCUT2D eigenvalue weighted by molar-refractivity contribution is 7.90. The molecule has 3 saturated heterocycles. The fraction of sp³-hybridized carbons (Fsp3) is 0.522. The number of hydrogen-bond acceptors (Lipinski definition) is 14. The van der Waals surface area contributed by atoms with E-state index >= 15 is 0 Å². The Hall–Kier alpha value is -5.51. The summed E-state index contributed by atoms with van der Waals surface area (Å²) < 4.78 is 91.0. The summed E-state index contributed by atoms with van der Waals surface area (Å²) in [7, 11) is -7.50. The zero-order valence-electron chi connectivity index (χ0n) is 39.1. The number of furan rings is 2. The highest BCUT2D eigenvalue weighted by Crippen LogP contribution is 2.38. The smallest absolute Gasteiger partial charge is 0.308 e. The zero-order chi connectivity index (χ0) is 48.8. The molecule has 0 bridgehead atoms. The van der Waals surface area contributed by atoms with E-state index in [-0.39, 0.29) is 43.0 Å². The van der Waals surface area contributed by atoms with Crippen molar-refractivity contribution in [1.29, 1.82) is 0 Å². The predicted molar refractivity (Wildman–Crippen MR) is 245 cm³/mol. The molecule has 362 valence electrons. The van der Waals surface area contributed by atoms with Crippen LogP contribution < -0.4 is 0 Å². The Morgan fingerprint density at radius 1 is 0.716 bits per heavy atom. The quantitative estimate of drug-likeness (QED) is 0.149. The van der Waals surface area contributed by atoms with Gasteiger partial charge in [0.05, 0.1) is 50.5 Å². The predicted octanol–water partition coefficient (Wildman–Crippen LogP) is 6.79. The Morgan fingerprint density at radius 3 is 1.54 bits per heavy atom. The van der Waals surface area contributed by atoms with Crippen LogP contribution in [-0.2, 0) is 42.5 Å². The minimum Gasteiger partial charge on any atom is -0.481 e. The lowest BCUT2D eigenvalue weighted by Crippen LogP contribution is -2.60. The lowest BCUT2D eigenvalue weighted by atomic mass is 9.91. The molecule has 0 radical (unpaired) electrons. The van der Waals surface area contributed by atoms with Crippen molar-refractivity contribution in [3.63, 3.8) is 0 Å². The van der Waals surface area contributed by atoms with Crippen molar-refractivity contribution in [1.82, 2.24) is 33.8 Å². The number of carboxylic acids is 1. The number of halogens is 1. The lowest BCUT2D eigenvalue weighted by Gasteiger charge is -2.42. The molecule has 1 aliphatic carbocycles. The van der Waals surface area contributed by atoms with Crippen LogP contribution in [0.25, 0.3) is 22.2 Å². The molecule has 0 unspecified atom stereocenters. The van der Waals surface area contributed by atoms with Crippen LogP contribution in [-0.4, -0.2) is 125 Å². The minimum atomic E-state index is -3.44. The molecule has 0 spiro atoms. The van der Waals surface area contributed by atoms with Gasteiger partial charge in [0, 0.05) is 73.9 Å². The first-order valence-electron chi connectivity index (χ1n) is 23.0. The van der Waals surface area contributed by atoms with Crippen molar-refractivity contribution in [3.8, 4) is 0 Å². The van der Waals surface area contributed by atoms with Crippen molar-refractivity contribution >= 4 is 54.1 Å². The van der Waals surface area contributed by atoms with Crippen molar-refractivity contribution in [3.05, 3.63) is 94.3 Å². The molecule has 21 heteroatoms. The average Bonchev–Trinajstić information content (AvgIpc) is 4.07. The molecule has 1 N–H and O–H groups in total. The largest absolute Gasteiger partial charge is 0.481 e. The van der Waals surface area contributed by atoms with Crippen molar-refractivity contribution in [2.24, 2.45) is 0 Å². The van der Waals surface area contributed by atoms with Crippen LogP contribution in [0.4, 0.5) is 4.39 Å². The molecule has 0 aromatic carbocycles. The summed E-state index contributed by atoms with van der Waals surface area (Å²) in [5, 5.41) is 15.3. The summed E-state index contributed by atoms with van der Waals surface area (Å²) in [6, 6.07) is 7.51. The Kier molecular flexibility index (Phi) is 15.2. The number of amides is 1. The second-order valence-corrected chi connectivity index (χ2v) is 21.8. The number of carbonyl (C=O) groups excluding carboxylic acids is 1. The van der Waals surface area contributed by atoms with Crippen LogP contribution in [0.5, 0.6) is 0 Å². The number of hydrogen-bond donors (Lipinski definition) is 1. The third kappa shape index (κ3) is 10.8. The summed E-state index contributed by atoms with van der Waals surface area (Å²) in [5.41, 5.74) is 8.34. The number of pyridine rings is 2. The number of aromatic nitrogens is 4. The fourth-order valence-corrected chi connectivity index (χ4v) is 13.0. The number of carboxylic acid groups (broad SMARTS) is 1. The highest BCUT2D eigenvalue weighted by atomic mass is 32.2. The minimum absolute atomic E-state index is 0.0127. The van der Waals surface area contributed by atoms with Gasteiger partial charge < -0.3 is 27.9 Å². The topological polar surface area (TPSA) is 236 Å². The van der Waals surface area contributed by atoms with E-state index in [1.165, 1.54) is 0 Å². The average molecular weight is 969 g/mol. The van der Waals surface area contributed by atoms with Gasteiger partial charge in [-0.2, -0.15) is 0 Å². The summed E-state index contributed by atoms with van der Waals surface area (Å²) in [5.74, 6) is 0.827. The van der Waals surface area contributed by atoms with Crippen LogP contribution in [0.1, 0.15) is 103 Å². The van der Waals surface area contributed by atoms with E-state index in [9.17, 15) is 30.8 Å². The van der Waals surface area contributed by atoms with Gasteiger partial charge in [-0.05, 0) is 102 Å². The monoisotopic (exact) mass is 968 g/mol. The van der Waals surface area contributed by atoms with E-state index < -0.39 is 38.4 Å². The summed E-state index contributed by atoms with van der Waals surface area (Å²) in [4.78, 5) is 33.3. The molecule has 1 saturated carbocycles. The molecule has 4 fully saturated rings. The van der Waals surface area contributed by atoms with Gasteiger partial charge in [0.1, 0.15) is 27.8 Å². The van der Waals surface area contributed by atoms with Gasteiger partial charge in [-0.25, -0.2) is 25.4 Å². The first-order chi connectivity index (χ1) is 32.5. The van der Waals surface area contributed by atoms with E-state index in [1.54, 1.807) is 66.1 Å². The maximum Gasteiger partial charge on any atom is 0.308 e. The first kappa shape index (κ1) is 48.0. The third-order valence-electron chi connectivity index (χ3n) is 13.3. The number of nitrogens with zero attached hydrogens (tertiary/aromatic N) is 7. The van der Waals surface area contributed by atoms with E-state index in [0.717, 1.165) is 83.8 Å². The summed E-state index contributed by atoms with van der Waals surface area (Å²) in [6.07, 6.45) is 13.1. The number of aliphatic carboxylic acids is 1. The summed E-state index contributed by atoms with van der Waals surface area (Å²) in [6.45, 7) is 9.65. The number of sulfonamides is 2. The van der Waals surface area contributed by atoms with Crippen LogP contribution in [0.3, 0.4) is 0 Å². The lowest BCUT2D eigenvalue weighted by molar-refractivity contribution is -0.136. The van der Waals surface area contributed by atoms with Crippen LogP contribution in [0.2, 0.25) is 0 Å². The van der Waals surface area contributed by atoms with Crippen LogP contribution in [0, 0.1) is 27.7 Å². The number of alkyl halides is 1. The molecule has 67 heavy (non-hydrogen) atoms. The van der Waals surface area contributed by atoms with Gasteiger partial charge >= 0.3 is 5.97 Å². The number of rotatable bonds is 10. The molecule has 0 atom stereocenters. The second kappa shape index (κ2) is 21.2. The Morgan fingerprint density at radius 2 is 1.15 bits per heavy atom. The molecule has 4 aliphatic rings. The summed E-state index contributed by atoms with van der Waals surface area (Å²) >= 11 is 0. The number of likely N-dealkylation sites (tertiary alicyclic amines) is 1. The fourth-order valence-electron chi connectivity index (χ4n) is 9.04. The van der Waals surface area contributed by atoms with Gasteiger partial charge in [-0.1, -0.05) is 16.7 Å². The van der Waals surface area contributed by atoms with Crippen molar-refractivity contribution in [2.45, 2.75) is 108 Å². The second-order valence-electron chi connectivity index (χ2n) is 17.3. The molecule has 3 aliphatic heterocycles. The highest BCUT2D eigenvalue weighted by Gasteiger charge is 2.44. The van der Waals surface area contributed by atoms with E-state index in [1.807, 2.05) is 24.3 Å². The molecular weight excluding hydrogens is 910 g/mol. The molecule has 6 aromatic heterocycles. The van der Waals surface area contributed by atoms with Gasteiger partial charge in [0.15, 0.2) is 11.2 Å². The number of aryl methyl sites for hydroxylation is 4. The third-order valence-corrected chi connectivity index (χ3v) is 18.0. The molecule has 18 nitrogen and oxygen atoms in total. The van der Waals surface area contributed by atoms with Crippen LogP contribution in [0.15, 0.2) is 67.1 Å². The maximum atomic E-state index is 13.1. The van der Waals surface area contributed by atoms with Gasteiger partial charge in [-0.3, -0.25) is 23.9 Å². The first-order valence-corrected chi connectivity index (χ1v) is 25.3. The van der Waals surface area contributed by atoms with E-state index in [2.05, 4.69) is 20.3 Å². The van der Waals surface area contributed by atoms with E-state index in [0.29, 0.717) is 60.6 Å². The Bertz CT molecular complexity index is 2850. The molecule has 10 rings (SSSR count). The van der Waals surface area contributed by atoms with Gasteiger partial charge in [0.2, 0.25) is 26.0 Å². The number of fused-ring (bicyclic) bond motifs is 2. The normalized spacial score (nSPS) is 18.2. The molecule has 9 heterocycles. The SMILES string of the molecule is Cc1noc(C)c1CC(=O)N1CC(S(=O)(=O)N2CCC(c3coc4cccnc34)CC2)C1.Cc1noc(C)c1CC(=O)O.O=S(=O)(C1CCC1)N1CCC(c2coc3cccnc23)CC1.[2H]CF. The van der Waals surface area contributed by atoms with Gasteiger partial charge in [-0.15, -0.1) is 0 Å². The van der Waals surface area contributed by atoms with Crippen molar-refractivity contribution < 1.29 is 55.2 Å². The molecule has 6 aromatic rings. The Labute approximate surface area is 390 Å².